The summed E-state index contributed by atoms with van der Waals surface area (Å²) in [6, 6.07) is 9.09. The molecule has 0 radical (unpaired) electrons. The minimum Gasteiger partial charge on any atom is -0.478 e. The predicted molar refractivity (Wildman–Crippen MR) is 90.7 cm³/mol. The highest BCUT2D eigenvalue weighted by atomic mass is 19.4. The normalized spacial score (nSPS) is 11.9. The molecule has 26 heavy (non-hydrogen) atoms. The maximum absolute atomic E-state index is 12.1. The lowest BCUT2D eigenvalue weighted by molar-refractivity contribution is -0.274. The zero-order valence-electron chi connectivity index (χ0n) is 14.1. The van der Waals surface area contributed by atoms with Gasteiger partial charge in [-0.3, -0.25) is 0 Å². The van der Waals surface area contributed by atoms with Gasteiger partial charge in [-0.05, 0) is 30.7 Å². The fraction of sp³-hybridized carbons (Fsp3) is 0.294. The number of nitrogens with two attached hydrogens (primary N) is 1. The summed E-state index contributed by atoms with van der Waals surface area (Å²) in [5.41, 5.74) is 7.34. The molecule has 2 rings (SSSR count). The number of pyridine rings is 1. The number of hydrogen-bond donors (Lipinski definition) is 2. The van der Waals surface area contributed by atoms with Gasteiger partial charge in [-0.1, -0.05) is 18.2 Å². The molecule has 0 atom stereocenters. The van der Waals surface area contributed by atoms with Crippen LogP contribution >= 0.6 is 0 Å². The summed E-state index contributed by atoms with van der Waals surface area (Å²) in [6.45, 7) is 2.97. The minimum absolute atomic E-state index is 0.201. The zero-order chi connectivity index (χ0) is 19.0. The number of rotatable bonds is 7. The van der Waals surface area contributed by atoms with Crippen molar-refractivity contribution in [3.05, 3.63) is 53.7 Å². The first-order valence-corrected chi connectivity index (χ1v) is 7.82. The van der Waals surface area contributed by atoms with Crippen molar-refractivity contribution in [2.75, 3.05) is 6.61 Å². The number of benzene rings is 1. The van der Waals surface area contributed by atoms with Crippen LogP contribution in [0.25, 0.3) is 0 Å². The van der Waals surface area contributed by atoms with Gasteiger partial charge >= 0.3 is 6.36 Å². The summed E-state index contributed by atoms with van der Waals surface area (Å²) in [5.74, 6) is 0.443. The molecule has 0 unspecified atom stereocenters. The van der Waals surface area contributed by atoms with Crippen LogP contribution in [0.3, 0.4) is 0 Å². The second-order valence-electron chi connectivity index (χ2n) is 5.15. The molecule has 1 aromatic carbocycles. The maximum Gasteiger partial charge on any atom is 0.573 e. The molecule has 0 amide bonds. The average molecular weight is 368 g/mol. The first kappa shape index (κ1) is 19.4. The van der Waals surface area contributed by atoms with Crippen LogP contribution < -0.4 is 20.5 Å². The van der Waals surface area contributed by atoms with Gasteiger partial charge in [-0.25, -0.2) is 9.98 Å². The van der Waals surface area contributed by atoms with Crippen molar-refractivity contribution in [1.29, 1.82) is 0 Å². The number of alkyl halides is 3. The molecule has 9 heteroatoms. The van der Waals surface area contributed by atoms with Gasteiger partial charge in [-0.2, -0.15) is 0 Å². The minimum atomic E-state index is -4.71. The molecule has 0 saturated heterocycles. The number of halogens is 3. The second-order valence-corrected chi connectivity index (χ2v) is 5.15. The third-order valence-corrected chi connectivity index (χ3v) is 3.18. The first-order valence-electron chi connectivity index (χ1n) is 7.82. The van der Waals surface area contributed by atoms with Crippen LogP contribution in [-0.4, -0.2) is 23.9 Å². The van der Waals surface area contributed by atoms with E-state index >= 15 is 0 Å². The molecular weight excluding hydrogens is 349 g/mol. The Morgan fingerprint density at radius 2 is 1.96 bits per heavy atom. The van der Waals surface area contributed by atoms with Crippen molar-refractivity contribution in [3.63, 3.8) is 0 Å². The topological polar surface area (TPSA) is 81.8 Å². The number of hydrogen-bond acceptors (Lipinski definition) is 4. The first-order chi connectivity index (χ1) is 12.4. The second kappa shape index (κ2) is 8.93. The smallest absolute Gasteiger partial charge is 0.478 e. The van der Waals surface area contributed by atoms with Crippen LogP contribution in [0.1, 0.15) is 18.1 Å². The van der Waals surface area contributed by atoms with Gasteiger partial charge in [-0.15, -0.1) is 13.2 Å². The highest BCUT2D eigenvalue weighted by Crippen LogP contribution is 2.22. The van der Waals surface area contributed by atoms with Crippen molar-refractivity contribution in [2.24, 2.45) is 10.7 Å². The van der Waals surface area contributed by atoms with Crippen molar-refractivity contribution in [3.8, 4) is 11.6 Å². The molecule has 0 spiro atoms. The summed E-state index contributed by atoms with van der Waals surface area (Å²) in [5, 5.41) is 2.94. The molecule has 3 N–H and O–H groups in total. The van der Waals surface area contributed by atoms with Crippen molar-refractivity contribution < 1.29 is 22.6 Å². The number of nitrogens with one attached hydrogen (secondary N) is 1. The Morgan fingerprint density at radius 1 is 1.23 bits per heavy atom. The van der Waals surface area contributed by atoms with Crippen LogP contribution in [0.5, 0.6) is 11.6 Å². The molecule has 1 aromatic heterocycles. The van der Waals surface area contributed by atoms with Gasteiger partial charge in [0, 0.05) is 18.3 Å². The van der Waals surface area contributed by atoms with Gasteiger partial charge in [0.15, 0.2) is 5.96 Å². The SMILES string of the molecule is CCOc1ncccc1CNC(N)=NCc1ccc(OC(F)(F)F)cc1. The van der Waals surface area contributed by atoms with E-state index in [1.54, 1.807) is 12.3 Å². The van der Waals surface area contributed by atoms with Gasteiger partial charge in [0.2, 0.25) is 5.88 Å². The zero-order valence-corrected chi connectivity index (χ0v) is 14.1. The van der Waals surface area contributed by atoms with E-state index in [1.165, 1.54) is 24.3 Å². The van der Waals surface area contributed by atoms with E-state index in [9.17, 15) is 13.2 Å². The predicted octanol–water partition coefficient (Wildman–Crippen LogP) is 2.98. The summed E-state index contributed by atoms with van der Waals surface area (Å²) in [4.78, 5) is 8.29. The molecule has 0 fully saturated rings. The van der Waals surface area contributed by atoms with Crippen LogP contribution in [0, 0.1) is 0 Å². The number of ether oxygens (including phenoxy) is 2. The van der Waals surface area contributed by atoms with E-state index < -0.39 is 6.36 Å². The van der Waals surface area contributed by atoms with Gasteiger partial charge in [0.05, 0.1) is 13.2 Å². The van der Waals surface area contributed by atoms with Crippen LogP contribution in [0.2, 0.25) is 0 Å². The lowest BCUT2D eigenvalue weighted by Gasteiger charge is -2.10. The van der Waals surface area contributed by atoms with Crippen LogP contribution in [0.4, 0.5) is 13.2 Å². The summed E-state index contributed by atoms with van der Waals surface area (Å²) in [6.07, 6.45) is -3.07. The van der Waals surface area contributed by atoms with E-state index in [2.05, 4.69) is 20.0 Å². The molecule has 1 heterocycles. The summed E-state index contributed by atoms with van der Waals surface area (Å²) in [7, 11) is 0. The Kier molecular flexibility index (Phi) is 6.65. The lowest BCUT2D eigenvalue weighted by atomic mass is 10.2. The number of guanidine groups is 1. The van der Waals surface area contributed by atoms with Gasteiger partial charge < -0.3 is 20.5 Å². The Bertz CT molecular complexity index is 734. The third-order valence-electron chi connectivity index (χ3n) is 3.18. The van der Waals surface area contributed by atoms with Gasteiger partial charge in [0.1, 0.15) is 5.75 Å². The monoisotopic (exact) mass is 368 g/mol. The highest BCUT2D eigenvalue weighted by molar-refractivity contribution is 5.77. The Hall–Kier alpha value is -2.97. The molecule has 0 saturated carbocycles. The van der Waals surface area contributed by atoms with Crippen LogP contribution in [0.15, 0.2) is 47.6 Å². The standard InChI is InChI=1S/C17H19F3N4O2/c1-2-25-15-13(4-3-9-22-15)11-24-16(21)23-10-12-5-7-14(8-6-12)26-17(18,19)20/h3-9H,2,10-11H2,1H3,(H3,21,23,24). The number of aromatic nitrogens is 1. The third kappa shape index (κ3) is 6.50. The Balaban J connectivity index is 1.88. The number of nitrogens with zero attached hydrogens (tertiary/aromatic N) is 2. The van der Waals surface area contributed by atoms with Crippen molar-refractivity contribution >= 4 is 5.96 Å². The quantitative estimate of drug-likeness (QED) is 0.580. The molecule has 0 bridgehead atoms. The molecular formula is C17H19F3N4O2. The summed E-state index contributed by atoms with van der Waals surface area (Å²) >= 11 is 0. The largest absolute Gasteiger partial charge is 0.573 e. The number of aliphatic imine (C=N–C) groups is 1. The van der Waals surface area contributed by atoms with E-state index in [0.29, 0.717) is 24.6 Å². The molecule has 6 nitrogen and oxygen atoms in total. The Morgan fingerprint density at radius 3 is 2.62 bits per heavy atom. The summed E-state index contributed by atoms with van der Waals surface area (Å²) < 4.78 is 45.6. The van der Waals surface area contributed by atoms with E-state index in [1.807, 2.05) is 13.0 Å². The highest BCUT2D eigenvalue weighted by Gasteiger charge is 2.30. The fourth-order valence-electron chi connectivity index (χ4n) is 2.04. The average Bonchev–Trinajstić information content (AvgIpc) is 2.59. The van der Waals surface area contributed by atoms with Crippen molar-refractivity contribution in [2.45, 2.75) is 26.4 Å². The van der Waals surface area contributed by atoms with Crippen LogP contribution in [-0.2, 0) is 13.1 Å². The maximum atomic E-state index is 12.1. The molecule has 0 aliphatic carbocycles. The lowest BCUT2D eigenvalue weighted by Crippen LogP contribution is -2.31. The van der Waals surface area contributed by atoms with Gasteiger partial charge in [0.25, 0.3) is 0 Å². The molecule has 0 aliphatic heterocycles. The van der Waals surface area contributed by atoms with Crippen molar-refractivity contribution in [1.82, 2.24) is 10.3 Å². The molecule has 0 aliphatic rings. The van der Waals surface area contributed by atoms with E-state index in [0.717, 1.165) is 5.56 Å². The Labute approximate surface area is 148 Å². The molecule has 2 aromatic rings. The van der Waals surface area contributed by atoms with E-state index in [4.69, 9.17) is 10.5 Å². The van der Waals surface area contributed by atoms with E-state index in [-0.39, 0.29) is 18.3 Å². The fourth-order valence-corrected chi connectivity index (χ4v) is 2.04. The molecule has 140 valence electrons.